The molecule has 3 heterocycles. The molecule has 1 fully saturated rings. The van der Waals surface area contributed by atoms with Gasteiger partial charge in [0.1, 0.15) is 11.7 Å². The van der Waals surface area contributed by atoms with Crippen molar-refractivity contribution in [3.63, 3.8) is 0 Å². The van der Waals surface area contributed by atoms with Crippen LogP contribution < -0.4 is 15.4 Å². The first-order chi connectivity index (χ1) is 15.1. The highest BCUT2D eigenvalue weighted by molar-refractivity contribution is 7.81. The van der Waals surface area contributed by atoms with E-state index in [1.54, 1.807) is 13.8 Å². The summed E-state index contributed by atoms with van der Waals surface area (Å²) in [5, 5.41) is 8.79. The van der Waals surface area contributed by atoms with Gasteiger partial charge in [0.15, 0.2) is 16.6 Å². The van der Waals surface area contributed by atoms with Crippen LogP contribution in [0.2, 0.25) is 0 Å². The fourth-order valence-electron chi connectivity index (χ4n) is 3.71. The summed E-state index contributed by atoms with van der Waals surface area (Å²) in [6, 6.07) is 6.51. The number of fused-ring (bicyclic) bond motifs is 1. The summed E-state index contributed by atoms with van der Waals surface area (Å²) in [6.07, 6.45) is 1.92. The molecule has 32 heavy (non-hydrogen) atoms. The van der Waals surface area contributed by atoms with E-state index in [1.807, 2.05) is 6.92 Å². The summed E-state index contributed by atoms with van der Waals surface area (Å²) in [5.74, 6) is -1.40. The quantitative estimate of drug-likeness (QED) is 0.470. The zero-order chi connectivity index (χ0) is 23.4. The van der Waals surface area contributed by atoms with Crippen LogP contribution in [-0.2, 0) is 6.42 Å². The van der Waals surface area contributed by atoms with Crippen molar-refractivity contribution in [3.05, 3.63) is 75.6 Å². The van der Waals surface area contributed by atoms with Gasteiger partial charge in [0, 0.05) is 29.7 Å². The molecule has 1 N–H and O–H groups in total. The predicted molar refractivity (Wildman–Crippen MR) is 123 cm³/mol. The third-order valence-corrected chi connectivity index (χ3v) is 5.80. The van der Waals surface area contributed by atoms with E-state index < -0.39 is 22.7 Å². The van der Waals surface area contributed by atoms with Gasteiger partial charge in [-0.25, -0.2) is 18.6 Å². The average Bonchev–Trinajstić information content (AvgIpc) is 2.92. The maximum Gasteiger partial charge on any atom is 0.258 e. The van der Waals surface area contributed by atoms with Gasteiger partial charge in [-0.05, 0) is 44.6 Å². The van der Waals surface area contributed by atoms with Gasteiger partial charge in [-0.2, -0.15) is 0 Å². The summed E-state index contributed by atoms with van der Waals surface area (Å²) in [5.41, 5.74) is -0.694. The van der Waals surface area contributed by atoms with Crippen molar-refractivity contribution < 1.29 is 8.78 Å². The fourth-order valence-corrected chi connectivity index (χ4v) is 4.24. The van der Waals surface area contributed by atoms with Crippen molar-refractivity contribution in [3.8, 4) is 0 Å². The summed E-state index contributed by atoms with van der Waals surface area (Å²) in [7, 11) is 0. The molecular weight excluding hydrogens is 434 g/mol. The predicted octanol–water partition coefficient (Wildman–Crippen LogP) is 4.45. The van der Waals surface area contributed by atoms with Crippen LogP contribution in [0.25, 0.3) is 10.5 Å². The second-order valence-electron chi connectivity index (χ2n) is 7.79. The second-order valence-corrected chi connectivity index (χ2v) is 8.15. The maximum absolute atomic E-state index is 15.0. The second kappa shape index (κ2) is 7.46. The number of nitrogens with one attached hydrogen (secondary N) is 1. The number of aryl methyl sites for hydroxylation is 1. The van der Waals surface area contributed by atoms with Crippen LogP contribution in [-0.4, -0.2) is 25.9 Å². The van der Waals surface area contributed by atoms with E-state index in [9.17, 15) is 13.6 Å². The van der Waals surface area contributed by atoms with Crippen LogP contribution >= 0.6 is 12.2 Å². The maximum atomic E-state index is 15.0. The van der Waals surface area contributed by atoms with E-state index in [1.165, 1.54) is 40.3 Å². The van der Waals surface area contributed by atoms with E-state index in [4.69, 9.17) is 24.2 Å². The van der Waals surface area contributed by atoms with Crippen LogP contribution in [0.3, 0.4) is 0 Å². The molecule has 0 bridgehead atoms. The molecule has 1 saturated heterocycles. The molecule has 3 aromatic rings. The lowest BCUT2D eigenvalue weighted by atomic mass is 10.0. The van der Waals surface area contributed by atoms with Crippen LogP contribution in [0.1, 0.15) is 26.5 Å². The van der Waals surface area contributed by atoms with E-state index in [-0.39, 0.29) is 33.7 Å². The van der Waals surface area contributed by atoms with Crippen LogP contribution in [0.15, 0.2) is 41.3 Å². The minimum absolute atomic E-state index is 0.0322. The minimum Gasteiger partial charge on any atom is -0.304 e. The highest BCUT2D eigenvalue weighted by atomic mass is 32.1. The van der Waals surface area contributed by atoms with Crippen LogP contribution in [0.5, 0.6) is 0 Å². The number of aromatic nitrogens is 2. The fraction of sp³-hybridized carbons (Fsp3) is 0.227. The molecule has 0 unspecified atom stereocenters. The Kier molecular flexibility index (Phi) is 5.02. The summed E-state index contributed by atoms with van der Waals surface area (Å²) in [6.45, 7) is 12.3. The van der Waals surface area contributed by atoms with Crippen molar-refractivity contribution in [2.24, 2.45) is 0 Å². The Morgan fingerprint density at radius 1 is 1.19 bits per heavy atom. The van der Waals surface area contributed by atoms with Crippen molar-refractivity contribution in [1.82, 2.24) is 9.38 Å². The first kappa shape index (κ1) is 21.5. The number of thiocarbonyl (C=S) groups is 1. The lowest BCUT2D eigenvalue weighted by Gasteiger charge is -2.30. The smallest absolute Gasteiger partial charge is 0.258 e. The third-order valence-electron chi connectivity index (χ3n) is 5.43. The number of amidine groups is 1. The molecule has 1 aliphatic heterocycles. The number of benzene rings is 1. The summed E-state index contributed by atoms with van der Waals surface area (Å²) >= 11 is 5.60. The summed E-state index contributed by atoms with van der Waals surface area (Å²) in [4.78, 5) is 22.8. The molecule has 1 aromatic carbocycles. The molecule has 162 valence electrons. The highest BCUT2D eigenvalue weighted by Crippen LogP contribution is 2.37. The van der Waals surface area contributed by atoms with Crippen molar-refractivity contribution in [1.29, 1.82) is 5.41 Å². The van der Waals surface area contributed by atoms with E-state index >= 15 is 0 Å². The first-order valence-corrected chi connectivity index (χ1v) is 10.1. The van der Waals surface area contributed by atoms with Gasteiger partial charge in [0.2, 0.25) is 5.69 Å². The standard InChI is InChI=1S/C22H18F2N6OS/c1-5-12-8-18(31)28-11-14(10-16(24)19(28)27-12)30-21(32)29(20(25)22(30,2)3)13-6-7-17(26-4)15(23)9-13/h6-11,25H,5H2,1-3H3. The molecule has 0 amide bonds. The van der Waals surface area contributed by atoms with Gasteiger partial charge in [0.25, 0.3) is 5.56 Å². The monoisotopic (exact) mass is 452 g/mol. The zero-order valence-electron chi connectivity index (χ0n) is 17.5. The number of hydrogen-bond acceptors (Lipinski definition) is 4. The number of hydrogen-bond donors (Lipinski definition) is 1. The molecule has 1 aliphatic rings. The van der Waals surface area contributed by atoms with Crippen molar-refractivity contribution in [2.45, 2.75) is 32.7 Å². The van der Waals surface area contributed by atoms with Gasteiger partial charge in [-0.1, -0.05) is 13.0 Å². The lowest BCUT2D eigenvalue weighted by Crippen LogP contribution is -2.44. The molecule has 0 radical (unpaired) electrons. The van der Waals surface area contributed by atoms with Crippen molar-refractivity contribution >= 4 is 45.9 Å². The van der Waals surface area contributed by atoms with Crippen LogP contribution in [0.4, 0.5) is 25.8 Å². The van der Waals surface area contributed by atoms with Gasteiger partial charge in [-0.15, -0.1) is 0 Å². The van der Waals surface area contributed by atoms with Crippen molar-refractivity contribution in [2.75, 3.05) is 9.80 Å². The molecule has 0 aliphatic carbocycles. The highest BCUT2D eigenvalue weighted by Gasteiger charge is 2.47. The molecule has 10 heteroatoms. The number of nitrogens with zero attached hydrogens (tertiary/aromatic N) is 5. The Balaban J connectivity index is 1.86. The number of anilines is 2. The van der Waals surface area contributed by atoms with Gasteiger partial charge < -0.3 is 4.90 Å². The molecule has 4 rings (SSSR count). The minimum atomic E-state index is -1.04. The molecule has 7 nitrogen and oxygen atoms in total. The Bertz CT molecular complexity index is 1410. The third kappa shape index (κ3) is 3.13. The molecule has 2 aromatic heterocycles. The Morgan fingerprint density at radius 2 is 1.88 bits per heavy atom. The molecule has 0 spiro atoms. The Labute approximate surface area is 187 Å². The number of pyridine rings is 1. The Morgan fingerprint density at radius 3 is 2.50 bits per heavy atom. The van der Waals surface area contributed by atoms with E-state index in [2.05, 4.69) is 9.83 Å². The van der Waals surface area contributed by atoms with E-state index in [0.717, 1.165) is 10.5 Å². The van der Waals surface area contributed by atoms with Crippen LogP contribution in [0, 0.1) is 23.6 Å². The number of halogens is 2. The summed E-state index contributed by atoms with van der Waals surface area (Å²) < 4.78 is 30.3. The van der Waals surface area contributed by atoms with Gasteiger partial charge in [0.05, 0.1) is 17.8 Å². The van der Waals surface area contributed by atoms with Gasteiger partial charge >= 0.3 is 0 Å². The van der Waals surface area contributed by atoms with E-state index in [0.29, 0.717) is 12.1 Å². The molecule has 0 atom stereocenters. The normalized spacial score (nSPS) is 15.5. The molecular formula is C22H18F2N6OS. The number of rotatable bonds is 3. The topological polar surface area (TPSA) is 69.1 Å². The zero-order valence-corrected chi connectivity index (χ0v) is 18.3. The largest absolute Gasteiger partial charge is 0.304 e. The average molecular weight is 452 g/mol. The SMILES string of the molecule is [C-]#[N+]c1ccc(N2C(=N)C(C)(C)N(c3cc(F)c4nc(CC)cc(=O)n4c3)C2=S)cc1F. The molecule has 0 saturated carbocycles. The Hall–Kier alpha value is -3.71. The lowest BCUT2D eigenvalue weighted by molar-refractivity contribution is 0.622. The first-order valence-electron chi connectivity index (χ1n) is 9.72. The van der Waals surface area contributed by atoms with Gasteiger partial charge in [-0.3, -0.25) is 19.5 Å².